The van der Waals surface area contributed by atoms with Crippen molar-refractivity contribution in [1.82, 2.24) is 5.01 Å². The number of nitrogens with zero attached hydrogens (tertiary/aromatic N) is 3. The SMILES string of the molecule is CC1(C)CC[C@]2(C(=O)O[C@@H]3O[C@H](CO)[C@@H](O)[C@H](O)[C@H]3O)CC[C@]3(C)C(=CC[C@@H]4[C@@]5(C)CC[C@H](OC(=O)CCC(=O)OC6CCN(/[N+]([O-])=N/O[C@@H]7O[C@H](CO)[C@@H](O)[C@H](O)[C@H]7O)CC6)C(C)(C)[C@@H]5CC[C@]43C)[C@@H]2C1. The first-order valence-electron chi connectivity index (χ1n) is 26.3. The lowest BCUT2D eigenvalue weighted by molar-refractivity contribution is -0.716. The Balaban J connectivity index is 0.860. The van der Waals surface area contributed by atoms with E-state index in [2.05, 4.69) is 59.8 Å². The molecule has 4 saturated carbocycles. The molecule has 0 aromatic heterocycles. The Kier molecular flexibility index (Phi) is 15.6. The average molecular weight is 1020 g/mol. The number of hydrogen-bond donors (Lipinski definition) is 8. The van der Waals surface area contributed by atoms with Gasteiger partial charge in [-0.05, 0) is 104 Å². The first kappa shape index (κ1) is 55.0. The van der Waals surface area contributed by atoms with E-state index in [0.717, 1.165) is 44.9 Å². The summed E-state index contributed by atoms with van der Waals surface area (Å²) in [6.45, 7) is 15.2. The number of fused-ring (bicyclic) bond motifs is 7. The van der Waals surface area contributed by atoms with Gasteiger partial charge >= 0.3 is 17.9 Å². The van der Waals surface area contributed by atoms with Gasteiger partial charge in [0, 0.05) is 18.3 Å². The van der Waals surface area contributed by atoms with Crippen LogP contribution in [0.3, 0.4) is 0 Å². The predicted molar refractivity (Wildman–Crippen MR) is 250 cm³/mol. The second-order valence-electron chi connectivity index (χ2n) is 24.6. The smallest absolute Gasteiger partial charge is 0.315 e. The molecule has 7 fully saturated rings. The molecule has 408 valence electrons. The fourth-order valence-electron chi connectivity index (χ4n) is 15.3. The highest BCUT2D eigenvalue weighted by Gasteiger charge is 2.70. The molecule has 21 nitrogen and oxygen atoms in total. The summed E-state index contributed by atoms with van der Waals surface area (Å²) in [5.74, 6) is -1.05. The van der Waals surface area contributed by atoms with E-state index >= 15 is 0 Å². The molecular formula is C51H81N3O18. The third-order valence-electron chi connectivity index (χ3n) is 19.9. The van der Waals surface area contributed by atoms with E-state index in [-0.39, 0.29) is 75.9 Å². The lowest BCUT2D eigenvalue weighted by Crippen LogP contribution is -2.65. The van der Waals surface area contributed by atoms with Crippen LogP contribution in [0.5, 0.6) is 0 Å². The van der Waals surface area contributed by atoms with E-state index < -0.39 is 104 Å². The van der Waals surface area contributed by atoms with Gasteiger partial charge in [-0.25, -0.2) is 0 Å². The number of carbonyl (C=O) groups excluding carboxylic acids is 3. The van der Waals surface area contributed by atoms with Gasteiger partial charge in [0.15, 0.2) is 0 Å². The minimum absolute atomic E-state index is 0.0413. The van der Waals surface area contributed by atoms with Gasteiger partial charge < -0.3 is 74.6 Å². The van der Waals surface area contributed by atoms with E-state index in [1.165, 1.54) is 10.6 Å². The van der Waals surface area contributed by atoms with Crippen LogP contribution < -0.4 is 0 Å². The Labute approximate surface area is 421 Å². The molecule has 8 rings (SSSR count). The Hall–Kier alpha value is -3.25. The first-order chi connectivity index (χ1) is 33.8. The first-order valence-corrected chi connectivity index (χ1v) is 26.3. The van der Waals surface area contributed by atoms with Gasteiger partial charge in [-0.15, -0.1) is 5.01 Å². The zero-order valence-electron chi connectivity index (χ0n) is 43.0. The Morgan fingerprint density at radius 1 is 0.708 bits per heavy atom. The lowest BCUT2D eigenvalue weighted by atomic mass is 9.33. The average Bonchev–Trinajstić information content (AvgIpc) is 3.33. The standard InChI is InChI=1S/C51H81N3O18/c1-46(2)18-20-51(45(65)71-43-41(63)39(61)37(59)30(25-55)68-43)21-19-49(6)28(29(51)24-46)8-9-33-48(5)16-13-34(47(3,4)32(48)12-17-50(33,49)7)70-36(58)11-10-35(57)67-27-14-22-53(23-15-27)54(66)52-72-44-42(64)40(62)38(60)31(26-56)69-44/h8,27,29-34,37-44,55-56,59-64H,9-26H2,1-7H3/b54-52-/t29-,30+,31+,32-,33+,34-,37+,38+,39-,40-,41+,42+,43-,44-,48-,49+,50+,51-/m0/s1. The minimum atomic E-state index is -1.73. The van der Waals surface area contributed by atoms with Crippen molar-refractivity contribution >= 4 is 17.9 Å². The molecule has 0 aromatic rings. The van der Waals surface area contributed by atoms with Gasteiger partial charge in [0.2, 0.25) is 11.6 Å². The number of piperidine rings is 1. The summed E-state index contributed by atoms with van der Waals surface area (Å²) in [4.78, 5) is 46.2. The Morgan fingerprint density at radius 2 is 1.29 bits per heavy atom. The quantitative estimate of drug-likeness (QED) is 0.0348. The van der Waals surface area contributed by atoms with E-state index in [4.69, 9.17) is 28.5 Å². The summed E-state index contributed by atoms with van der Waals surface area (Å²) in [5.41, 5.74) is -0.390. The van der Waals surface area contributed by atoms with Crippen molar-refractivity contribution in [3.05, 3.63) is 16.9 Å². The highest BCUT2D eigenvalue weighted by molar-refractivity contribution is 5.79. The van der Waals surface area contributed by atoms with E-state index in [9.17, 15) is 60.4 Å². The third-order valence-corrected chi connectivity index (χ3v) is 19.9. The second kappa shape index (κ2) is 20.4. The number of ether oxygens (including phenoxy) is 5. The van der Waals surface area contributed by atoms with E-state index in [1.54, 1.807) is 0 Å². The summed E-state index contributed by atoms with van der Waals surface area (Å²) >= 11 is 0. The van der Waals surface area contributed by atoms with Crippen LogP contribution in [-0.2, 0) is 42.9 Å². The summed E-state index contributed by atoms with van der Waals surface area (Å²) < 4.78 is 28.8. The molecule has 8 aliphatic rings. The van der Waals surface area contributed by atoms with Crippen LogP contribution in [0.25, 0.3) is 0 Å². The fraction of sp³-hybridized carbons (Fsp3) is 0.902. The van der Waals surface area contributed by atoms with Crippen molar-refractivity contribution in [3.8, 4) is 0 Å². The molecule has 0 bridgehead atoms. The Bertz CT molecular complexity index is 2060. The number of esters is 3. The maximum absolute atomic E-state index is 14.6. The van der Waals surface area contributed by atoms with Crippen molar-refractivity contribution in [2.75, 3.05) is 26.3 Å². The predicted octanol–water partition coefficient (Wildman–Crippen LogP) is 2.44. The molecule has 3 saturated heterocycles. The molecule has 5 aliphatic carbocycles. The van der Waals surface area contributed by atoms with Gasteiger partial charge in [-0.3, -0.25) is 14.4 Å². The molecule has 0 aromatic carbocycles. The van der Waals surface area contributed by atoms with Crippen LogP contribution >= 0.6 is 0 Å². The topological polar surface area (TPSA) is 310 Å². The minimum Gasteiger partial charge on any atom is -0.569 e. The molecule has 21 heteroatoms. The van der Waals surface area contributed by atoms with Crippen molar-refractivity contribution in [1.29, 1.82) is 0 Å². The molecule has 3 aliphatic heterocycles. The second-order valence-corrected chi connectivity index (χ2v) is 24.6. The van der Waals surface area contributed by atoms with Gasteiger partial charge in [0.1, 0.15) is 61.0 Å². The van der Waals surface area contributed by atoms with Crippen LogP contribution in [-0.4, -0.2) is 169 Å². The molecule has 0 radical (unpaired) electrons. The summed E-state index contributed by atoms with van der Waals surface area (Å²) in [6.07, 6.45) is -5.82. The monoisotopic (exact) mass is 1020 g/mol. The fourth-order valence-corrected chi connectivity index (χ4v) is 15.3. The molecule has 0 unspecified atom stereocenters. The van der Waals surface area contributed by atoms with Crippen LogP contribution in [0.4, 0.5) is 0 Å². The molecular weight excluding hydrogens is 943 g/mol. The van der Waals surface area contributed by atoms with Crippen LogP contribution in [0, 0.1) is 55.5 Å². The van der Waals surface area contributed by atoms with Crippen molar-refractivity contribution in [3.63, 3.8) is 0 Å². The van der Waals surface area contributed by atoms with Crippen molar-refractivity contribution in [2.45, 2.75) is 212 Å². The van der Waals surface area contributed by atoms with Gasteiger partial charge in [-0.2, -0.15) is 0 Å². The molecule has 3 heterocycles. The molecule has 0 amide bonds. The number of carbonyl (C=O) groups is 3. The normalized spacial score (nSPS) is 45.0. The molecule has 72 heavy (non-hydrogen) atoms. The number of rotatable bonds is 12. The summed E-state index contributed by atoms with van der Waals surface area (Å²) in [5, 5.41) is 98.2. The van der Waals surface area contributed by atoms with Crippen LogP contribution in [0.1, 0.15) is 138 Å². The van der Waals surface area contributed by atoms with E-state index in [1.807, 2.05) is 0 Å². The number of allylic oxidation sites excluding steroid dienone is 2. The largest absolute Gasteiger partial charge is 0.569 e. The summed E-state index contributed by atoms with van der Waals surface area (Å²) in [6, 6.07) is 0. The molecule has 18 atom stereocenters. The lowest BCUT2D eigenvalue weighted by Gasteiger charge is -2.71. The highest BCUT2D eigenvalue weighted by atomic mass is 16.8. The summed E-state index contributed by atoms with van der Waals surface area (Å²) in [7, 11) is 0. The third kappa shape index (κ3) is 9.56. The van der Waals surface area contributed by atoms with Crippen molar-refractivity contribution in [2.24, 2.45) is 55.5 Å². The van der Waals surface area contributed by atoms with Gasteiger partial charge in [0.25, 0.3) is 6.29 Å². The van der Waals surface area contributed by atoms with Crippen LogP contribution in [0.2, 0.25) is 0 Å². The molecule has 8 N–H and O–H groups in total. The maximum atomic E-state index is 14.6. The zero-order valence-corrected chi connectivity index (χ0v) is 43.0. The number of aliphatic hydroxyl groups excluding tert-OH is 8. The maximum Gasteiger partial charge on any atom is 0.315 e. The van der Waals surface area contributed by atoms with Gasteiger partial charge in [-0.1, -0.05) is 60.1 Å². The van der Waals surface area contributed by atoms with E-state index in [0.29, 0.717) is 38.0 Å². The number of hydrazine groups is 1. The number of hydrogen-bond acceptors (Lipinski definition) is 19. The van der Waals surface area contributed by atoms with Crippen LogP contribution in [0.15, 0.2) is 16.9 Å². The zero-order chi connectivity index (χ0) is 52.5. The van der Waals surface area contributed by atoms with Gasteiger partial charge in [0.05, 0.1) is 49.5 Å². The highest BCUT2D eigenvalue weighted by Crippen LogP contribution is 2.76. The molecule has 0 spiro atoms. The number of aliphatic hydroxyl groups is 8. The Morgan fingerprint density at radius 3 is 1.92 bits per heavy atom. The van der Waals surface area contributed by atoms with Crippen molar-refractivity contribution < 1.29 is 88.7 Å².